The zero-order valence-electron chi connectivity index (χ0n) is 11.1. The Bertz CT molecular complexity index is 586. The fraction of sp³-hybridized carbons (Fsp3) is 0.250. The number of aliphatic hydroxyl groups excluding tert-OH is 1. The molecule has 20 heavy (non-hydrogen) atoms. The third-order valence-corrected chi connectivity index (χ3v) is 3.41. The first-order valence-corrected chi connectivity index (χ1v) is 6.83. The largest absolute Gasteiger partial charge is 0.488 e. The summed E-state index contributed by atoms with van der Waals surface area (Å²) in [6.45, 7) is 2.13. The predicted molar refractivity (Wildman–Crippen MR) is 77.4 cm³/mol. The summed E-state index contributed by atoms with van der Waals surface area (Å²) < 4.78 is 18.7. The molecule has 1 N–H and O–H groups in total. The Morgan fingerprint density at radius 2 is 2.00 bits per heavy atom. The molecule has 0 amide bonds. The number of ether oxygens (including phenoxy) is 1. The number of hydrogen-bond acceptors (Lipinski definition) is 2. The van der Waals surface area contributed by atoms with Crippen LogP contribution in [0.2, 0.25) is 5.02 Å². The molecule has 4 heteroatoms. The van der Waals surface area contributed by atoms with Crippen LogP contribution in [0.15, 0.2) is 42.5 Å². The summed E-state index contributed by atoms with van der Waals surface area (Å²) in [5.74, 6) is 0.239. The number of hydrogen-bond donors (Lipinski definition) is 1. The molecule has 106 valence electrons. The van der Waals surface area contributed by atoms with Crippen molar-refractivity contribution < 1.29 is 14.2 Å². The van der Waals surface area contributed by atoms with E-state index in [2.05, 4.69) is 0 Å². The lowest BCUT2D eigenvalue weighted by Crippen LogP contribution is -2.02. The van der Waals surface area contributed by atoms with Crippen molar-refractivity contribution in [3.63, 3.8) is 0 Å². The predicted octanol–water partition coefficient (Wildman–Crippen LogP) is 4.50. The Labute approximate surface area is 122 Å². The highest BCUT2D eigenvalue weighted by atomic mass is 35.5. The molecule has 0 radical (unpaired) electrons. The molecular formula is C16H16ClFO2. The van der Waals surface area contributed by atoms with Crippen molar-refractivity contribution in [3.8, 4) is 5.75 Å². The van der Waals surface area contributed by atoms with Crippen molar-refractivity contribution in [2.45, 2.75) is 26.1 Å². The molecule has 0 spiro atoms. The van der Waals surface area contributed by atoms with Gasteiger partial charge < -0.3 is 9.84 Å². The fourth-order valence-electron chi connectivity index (χ4n) is 1.90. The van der Waals surface area contributed by atoms with Crippen LogP contribution in [0.3, 0.4) is 0 Å². The summed E-state index contributed by atoms with van der Waals surface area (Å²) in [6.07, 6.45) is 0.0485. The Balaban J connectivity index is 2.15. The standard InChI is InChI=1S/C16H16ClFO2/c1-2-15(19)13-5-3-4-6-16(13)20-10-11-7-8-12(18)9-14(11)17/h3-9,15,19H,2,10H2,1H3/t15-/m0/s1. The summed E-state index contributed by atoms with van der Waals surface area (Å²) in [5.41, 5.74) is 1.45. The van der Waals surface area contributed by atoms with Crippen LogP contribution in [0.1, 0.15) is 30.6 Å². The van der Waals surface area contributed by atoms with Crippen LogP contribution in [0.4, 0.5) is 4.39 Å². The van der Waals surface area contributed by atoms with E-state index < -0.39 is 6.10 Å². The molecule has 0 saturated carbocycles. The summed E-state index contributed by atoms with van der Waals surface area (Å²) in [4.78, 5) is 0. The molecule has 0 aliphatic carbocycles. The van der Waals surface area contributed by atoms with Crippen LogP contribution >= 0.6 is 11.6 Å². The van der Waals surface area contributed by atoms with Gasteiger partial charge in [-0.15, -0.1) is 0 Å². The molecule has 0 aliphatic rings. The van der Waals surface area contributed by atoms with E-state index in [0.717, 1.165) is 5.56 Å². The molecule has 2 aromatic carbocycles. The van der Waals surface area contributed by atoms with Crippen LogP contribution in [-0.4, -0.2) is 5.11 Å². The van der Waals surface area contributed by atoms with Crippen molar-refractivity contribution in [1.82, 2.24) is 0 Å². The summed E-state index contributed by atoms with van der Waals surface area (Å²) in [5, 5.41) is 10.3. The van der Waals surface area contributed by atoms with Gasteiger partial charge in [-0.1, -0.05) is 42.8 Å². The zero-order chi connectivity index (χ0) is 14.5. The third kappa shape index (κ3) is 3.50. The number of para-hydroxylation sites is 1. The molecule has 2 aromatic rings. The van der Waals surface area contributed by atoms with Gasteiger partial charge in [0.1, 0.15) is 18.2 Å². The first kappa shape index (κ1) is 14.8. The summed E-state index contributed by atoms with van der Waals surface area (Å²) >= 11 is 5.96. The average molecular weight is 295 g/mol. The quantitative estimate of drug-likeness (QED) is 0.879. The van der Waals surface area contributed by atoms with E-state index in [-0.39, 0.29) is 12.4 Å². The lowest BCUT2D eigenvalue weighted by Gasteiger charge is -2.15. The summed E-state index contributed by atoms with van der Waals surface area (Å²) in [6, 6.07) is 11.5. The minimum absolute atomic E-state index is 0.229. The lowest BCUT2D eigenvalue weighted by atomic mass is 10.1. The topological polar surface area (TPSA) is 29.5 Å². The van der Waals surface area contributed by atoms with Crippen molar-refractivity contribution in [2.24, 2.45) is 0 Å². The molecule has 2 rings (SSSR count). The highest BCUT2D eigenvalue weighted by molar-refractivity contribution is 6.31. The van der Waals surface area contributed by atoms with Gasteiger partial charge in [0.2, 0.25) is 0 Å². The van der Waals surface area contributed by atoms with Gasteiger partial charge in [-0.3, -0.25) is 0 Å². The third-order valence-electron chi connectivity index (χ3n) is 3.06. The molecule has 0 bridgehead atoms. The van der Waals surface area contributed by atoms with Gasteiger partial charge in [0.25, 0.3) is 0 Å². The van der Waals surface area contributed by atoms with E-state index in [1.54, 1.807) is 12.1 Å². The number of benzene rings is 2. The van der Waals surface area contributed by atoms with Gasteiger partial charge >= 0.3 is 0 Å². The monoisotopic (exact) mass is 294 g/mol. The lowest BCUT2D eigenvalue weighted by molar-refractivity contribution is 0.166. The molecule has 0 aliphatic heterocycles. The van der Waals surface area contributed by atoms with Crippen LogP contribution in [-0.2, 0) is 6.61 Å². The van der Waals surface area contributed by atoms with E-state index in [1.165, 1.54) is 12.1 Å². The normalized spacial score (nSPS) is 12.2. The van der Waals surface area contributed by atoms with Crippen LogP contribution < -0.4 is 4.74 Å². The molecule has 0 unspecified atom stereocenters. The number of aliphatic hydroxyl groups is 1. The minimum Gasteiger partial charge on any atom is -0.488 e. The van der Waals surface area contributed by atoms with Crippen molar-refractivity contribution >= 4 is 11.6 Å². The van der Waals surface area contributed by atoms with Gasteiger partial charge in [-0.25, -0.2) is 4.39 Å². The Kier molecular flexibility index (Phi) is 4.99. The van der Waals surface area contributed by atoms with E-state index >= 15 is 0 Å². The Morgan fingerprint density at radius 3 is 2.70 bits per heavy atom. The number of rotatable bonds is 5. The molecule has 1 atom stereocenters. The van der Waals surface area contributed by atoms with Crippen molar-refractivity contribution in [2.75, 3.05) is 0 Å². The van der Waals surface area contributed by atoms with Crippen molar-refractivity contribution in [3.05, 3.63) is 64.4 Å². The second-order valence-corrected chi connectivity index (χ2v) is 4.89. The smallest absolute Gasteiger partial charge is 0.125 e. The summed E-state index contributed by atoms with van der Waals surface area (Å²) in [7, 11) is 0. The SMILES string of the molecule is CC[C@H](O)c1ccccc1OCc1ccc(F)cc1Cl. The van der Waals surface area contributed by atoms with E-state index in [9.17, 15) is 9.50 Å². The van der Waals surface area contributed by atoms with Gasteiger partial charge in [-0.2, -0.15) is 0 Å². The fourth-order valence-corrected chi connectivity index (χ4v) is 2.12. The van der Waals surface area contributed by atoms with Crippen LogP contribution in [0.25, 0.3) is 0 Å². The maximum Gasteiger partial charge on any atom is 0.125 e. The zero-order valence-corrected chi connectivity index (χ0v) is 11.9. The van der Waals surface area contributed by atoms with E-state index in [4.69, 9.17) is 16.3 Å². The second kappa shape index (κ2) is 6.73. The molecular weight excluding hydrogens is 279 g/mol. The average Bonchev–Trinajstić information content (AvgIpc) is 2.46. The first-order valence-electron chi connectivity index (χ1n) is 6.45. The minimum atomic E-state index is -0.560. The highest BCUT2D eigenvalue weighted by Crippen LogP contribution is 2.28. The van der Waals surface area contributed by atoms with Gasteiger partial charge in [0.05, 0.1) is 11.1 Å². The van der Waals surface area contributed by atoms with Crippen LogP contribution in [0.5, 0.6) is 5.75 Å². The van der Waals surface area contributed by atoms with Gasteiger partial charge in [0.15, 0.2) is 0 Å². The second-order valence-electron chi connectivity index (χ2n) is 4.49. The number of halogens is 2. The van der Waals surface area contributed by atoms with Gasteiger partial charge in [-0.05, 0) is 24.6 Å². The molecule has 0 saturated heterocycles. The Hall–Kier alpha value is -1.58. The van der Waals surface area contributed by atoms with Gasteiger partial charge in [0, 0.05) is 11.1 Å². The van der Waals surface area contributed by atoms with E-state index in [0.29, 0.717) is 22.8 Å². The molecule has 0 aromatic heterocycles. The van der Waals surface area contributed by atoms with E-state index in [1.807, 2.05) is 25.1 Å². The molecule has 2 nitrogen and oxygen atoms in total. The van der Waals surface area contributed by atoms with Crippen molar-refractivity contribution in [1.29, 1.82) is 0 Å². The molecule has 0 fully saturated rings. The first-order chi connectivity index (χ1) is 9.61. The highest BCUT2D eigenvalue weighted by Gasteiger charge is 2.11. The van der Waals surface area contributed by atoms with Crippen LogP contribution in [0, 0.1) is 5.82 Å². The Morgan fingerprint density at radius 1 is 1.25 bits per heavy atom. The molecule has 0 heterocycles. The maximum atomic E-state index is 13.0. The maximum absolute atomic E-state index is 13.0.